The van der Waals surface area contributed by atoms with E-state index in [0.29, 0.717) is 17.2 Å². The summed E-state index contributed by atoms with van der Waals surface area (Å²) in [5, 5.41) is 0. The van der Waals surface area contributed by atoms with Crippen LogP contribution in [0.25, 0.3) is 5.69 Å². The van der Waals surface area contributed by atoms with Crippen LogP contribution >= 0.6 is 0 Å². The summed E-state index contributed by atoms with van der Waals surface area (Å²) in [6.45, 7) is 6.31. The van der Waals surface area contributed by atoms with Crippen LogP contribution in [0.1, 0.15) is 67.1 Å². The van der Waals surface area contributed by atoms with Crippen LogP contribution in [-0.2, 0) is 4.74 Å². The normalized spacial score (nSPS) is 11.0. The minimum absolute atomic E-state index is 0.353. The van der Waals surface area contributed by atoms with Gasteiger partial charge in [-0.3, -0.25) is 0 Å². The van der Waals surface area contributed by atoms with Gasteiger partial charge >= 0.3 is 5.97 Å². The molecule has 4 heteroatoms. The van der Waals surface area contributed by atoms with Crippen molar-refractivity contribution in [3.63, 3.8) is 0 Å². The van der Waals surface area contributed by atoms with Crippen LogP contribution in [0.5, 0.6) is 0 Å². The Morgan fingerprint density at radius 3 is 2.46 bits per heavy atom. The van der Waals surface area contributed by atoms with Crippen LogP contribution in [0.3, 0.4) is 0 Å². The highest BCUT2D eigenvalue weighted by Crippen LogP contribution is 2.32. The van der Waals surface area contributed by atoms with Crippen LogP contribution in [0, 0.1) is 6.92 Å². The molecule has 1 aromatic carbocycles. The van der Waals surface area contributed by atoms with Gasteiger partial charge in [0.25, 0.3) is 0 Å². The van der Waals surface area contributed by atoms with Crippen LogP contribution in [-0.4, -0.2) is 17.6 Å². The van der Waals surface area contributed by atoms with Gasteiger partial charge in [0.15, 0.2) is 0 Å². The van der Waals surface area contributed by atoms with Gasteiger partial charge in [0.2, 0.25) is 0 Å². The van der Waals surface area contributed by atoms with Crippen molar-refractivity contribution < 1.29 is 9.53 Å². The molecule has 0 saturated carbocycles. The number of ether oxygens (including phenoxy) is 1. The molecule has 2 rings (SSSR count). The lowest BCUT2D eigenvalue weighted by atomic mass is 9.94. The molecule has 0 spiro atoms. The number of rotatable bonds is 7. The molecule has 0 amide bonds. The Hall–Kier alpha value is -2.23. The van der Waals surface area contributed by atoms with Crippen molar-refractivity contribution in [1.29, 1.82) is 0 Å². The summed E-state index contributed by atoms with van der Waals surface area (Å²) in [6, 6.07) is 7.95. The third kappa shape index (κ3) is 3.48. The molecule has 0 fully saturated rings. The van der Waals surface area contributed by atoms with Crippen molar-refractivity contribution in [1.82, 2.24) is 4.57 Å². The maximum absolute atomic E-state index is 11.8. The lowest BCUT2D eigenvalue weighted by Crippen LogP contribution is -2.11. The summed E-state index contributed by atoms with van der Waals surface area (Å²) < 4.78 is 6.99. The average Bonchev–Trinajstić information content (AvgIpc) is 3.05. The van der Waals surface area contributed by atoms with Gasteiger partial charge in [0, 0.05) is 11.9 Å². The topological polar surface area (TPSA) is 57.2 Å². The third-order valence-electron chi connectivity index (χ3n) is 4.63. The van der Waals surface area contributed by atoms with E-state index in [-0.39, 0.29) is 5.97 Å². The Labute approximate surface area is 144 Å². The third-order valence-corrected chi connectivity index (χ3v) is 4.63. The van der Waals surface area contributed by atoms with Crippen molar-refractivity contribution >= 4 is 11.7 Å². The number of methoxy groups -OCH3 is 1. The zero-order valence-corrected chi connectivity index (χ0v) is 15.1. The van der Waals surface area contributed by atoms with Gasteiger partial charge in [-0.1, -0.05) is 26.7 Å². The molecule has 0 saturated heterocycles. The summed E-state index contributed by atoms with van der Waals surface area (Å²) in [5.74, 6) is 0.170. The number of hydrogen-bond acceptors (Lipinski definition) is 3. The van der Waals surface area contributed by atoms with Gasteiger partial charge < -0.3 is 15.0 Å². The molecule has 0 aliphatic rings. The molecule has 4 nitrogen and oxygen atoms in total. The van der Waals surface area contributed by atoms with Crippen molar-refractivity contribution in [2.24, 2.45) is 0 Å². The fraction of sp³-hybridized carbons (Fsp3) is 0.450. The minimum Gasteiger partial charge on any atom is -0.465 e. The molecule has 2 N–H and O–H groups in total. The van der Waals surface area contributed by atoms with E-state index in [9.17, 15) is 4.79 Å². The quantitative estimate of drug-likeness (QED) is 0.584. The number of nitrogens with zero attached hydrogens (tertiary/aromatic N) is 1. The van der Waals surface area contributed by atoms with Crippen molar-refractivity contribution in [3.05, 3.63) is 47.3 Å². The van der Waals surface area contributed by atoms with Gasteiger partial charge in [0.05, 0.1) is 24.0 Å². The molecule has 24 heavy (non-hydrogen) atoms. The first-order chi connectivity index (χ1) is 11.5. The number of aromatic nitrogens is 1. The predicted octanol–water partition coefficient (Wildman–Crippen LogP) is 4.84. The first kappa shape index (κ1) is 18.1. The monoisotopic (exact) mass is 328 g/mol. The second-order valence-corrected chi connectivity index (χ2v) is 6.24. The van der Waals surface area contributed by atoms with Gasteiger partial charge in [-0.25, -0.2) is 4.79 Å². The molecule has 0 unspecified atom stereocenters. The number of carbonyl (C=O) groups excluding carboxylic acids is 1. The van der Waals surface area contributed by atoms with E-state index in [1.807, 2.05) is 13.0 Å². The summed E-state index contributed by atoms with van der Waals surface area (Å²) in [6.07, 6.45) is 6.70. The maximum Gasteiger partial charge on any atom is 0.338 e. The first-order valence-electron chi connectivity index (χ1n) is 8.70. The molecular weight excluding hydrogens is 300 g/mol. The van der Waals surface area contributed by atoms with Crippen molar-refractivity contribution in [3.8, 4) is 5.69 Å². The number of benzene rings is 1. The van der Waals surface area contributed by atoms with Gasteiger partial charge in [-0.15, -0.1) is 0 Å². The largest absolute Gasteiger partial charge is 0.465 e. The molecule has 2 aromatic rings. The standard InChI is InChI=1S/C20H28N2O2/c1-5-8-15(9-6-2)17-10-7-13-22(17)18-12-11-16(20(23)24-4)14(3)19(18)21/h7,10-13,15H,5-6,8-9,21H2,1-4H3. The number of anilines is 1. The fourth-order valence-corrected chi connectivity index (χ4v) is 3.34. The van der Waals surface area contributed by atoms with Crippen molar-refractivity contribution in [2.75, 3.05) is 12.8 Å². The van der Waals surface area contributed by atoms with E-state index < -0.39 is 0 Å². The van der Waals surface area contributed by atoms with E-state index in [2.05, 4.69) is 36.7 Å². The Bertz CT molecular complexity index is 698. The zero-order valence-electron chi connectivity index (χ0n) is 15.1. The fourth-order valence-electron chi connectivity index (χ4n) is 3.34. The smallest absolute Gasteiger partial charge is 0.338 e. The molecule has 0 bridgehead atoms. The van der Waals surface area contributed by atoms with E-state index in [1.54, 1.807) is 6.07 Å². The molecule has 1 heterocycles. The lowest BCUT2D eigenvalue weighted by Gasteiger charge is -2.21. The lowest BCUT2D eigenvalue weighted by molar-refractivity contribution is 0.0600. The highest BCUT2D eigenvalue weighted by molar-refractivity contribution is 5.93. The number of esters is 1. The van der Waals surface area contributed by atoms with E-state index >= 15 is 0 Å². The van der Waals surface area contributed by atoms with Crippen molar-refractivity contribution in [2.45, 2.75) is 52.4 Å². The highest BCUT2D eigenvalue weighted by Gasteiger charge is 2.19. The minimum atomic E-state index is -0.353. The number of carbonyl (C=O) groups is 1. The van der Waals surface area contributed by atoms with Crippen LogP contribution in [0.15, 0.2) is 30.5 Å². The molecule has 0 aliphatic carbocycles. The first-order valence-corrected chi connectivity index (χ1v) is 8.70. The predicted molar refractivity (Wildman–Crippen MR) is 98.8 cm³/mol. The maximum atomic E-state index is 11.8. The average molecular weight is 328 g/mol. The SMILES string of the molecule is CCCC(CCC)c1cccn1-c1ccc(C(=O)OC)c(C)c1N. The van der Waals surface area contributed by atoms with Gasteiger partial charge in [-0.2, -0.15) is 0 Å². The van der Waals surface area contributed by atoms with E-state index in [1.165, 1.54) is 12.8 Å². The summed E-state index contributed by atoms with van der Waals surface area (Å²) in [4.78, 5) is 11.8. The van der Waals surface area contributed by atoms with Gasteiger partial charge in [-0.05, 0) is 55.5 Å². The Kier molecular flexibility index (Phi) is 6.07. The second-order valence-electron chi connectivity index (χ2n) is 6.24. The molecule has 0 aliphatic heterocycles. The number of nitrogens with two attached hydrogens (primary N) is 1. The number of hydrogen-bond donors (Lipinski definition) is 1. The highest BCUT2D eigenvalue weighted by atomic mass is 16.5. The van der Waals surface area contributed by atoms with E-state index in [0.717, 1.165) is 36.9 Å². The summed E-state index contributed by atoms with van der Waals surface area (Å²) >= 11 is 0. The van der Waals surface area contributed by atoms with Crippen LogP contribution < -0.4 is 5.73 Å². The number of nitrogen functional groups attached to an aromatic ring is 1. The molecule has 0 atom stereocenters. The van der Waals surface area contributed by atoms with Gasteiger partial charge in [0.1, 0.15) is 0 Å². The summed E-state index contributed by atoms with van der Waals surface area (Å²) in [5.41, 5.74) is 10.5. The second kappa shape index (κ2) is 8.04. The van der Waals surface area contributed by atoms with Crippen LogP contribution in [0.4, 0.5) is 5.69 Å². The Morgan fingerprint density at radius 2 is 1.88 bits per heavy atom. The van der Waals surface area contributed by atoms with Crippen LogP contribution in [0.2, 0.25) is 0 Å². The molecule has 130 valence electrons. The Balaban J connectivity index is 2.48. The van der Waals surface area contributed by atoms with E-state index in [4.69, 9.17) is 10.5 Å². The Morgan fingerprint density at radius 1 is 1.21 bits per heavy atom. The zero-order chi connectivity index (χ0) is 17.7. The molecule has 1 aromatic heterocycles. The molecular formula is C20H28N2O2. The molecule has 0 radical (unpaired) electrons. The summed E-state index contributed by atoms with van der Waals surface area (Å²) in [7, 11) is 1.38.